The number of unbranched alkanes of at least 4 members (excludes halogenated alkanes) is 24. The number of esters is 2. The molecular formula is C41H76O5. The van der Waals surface area contributed by atoms with Gasteiger partial charge in [-0.15, -0.1) is 0 Å². The Morgan fingerprint density at radius 1 is 0.500 bits per heavy atom. The molecule has 0 heterocycles. The molecule has 0 aliphatic heterocycles. The Bertz CT molecular complexity index is 701. The smallest absolute Gasteiger partial charge is 0.306 e. The lowest BCUT2D eigenvalue weighted by atomic mass is 10.0. The predicted octanol–water partition coefficient (Wildman–Crippen LogP) is 12.3. The van der Waals surface area contributed by atoms with Crippen molar-refractivity contribution in [1.29, 1.82) is 0 Å². The minimum absolute atomic E-state index is 0.0659. The highest BCUT2D eigenvalue weighted by molar-refractivity contribution is 5.70. The van der Waals surface area contributed by atoms with Crippen LogP contribution >= 0.6 is 0 Å². The third-order valence-electron chi connectivity index (χ3n) is 8.75. The SMILES string of the molecule is CCCCC/C=C/C/C=C/CCCCCCCCCC(=O)OC[C@H](CO)OC(=O)CCCCCCCCCCCCCCCCC. The topological polar surface area (TPSA) is 72.8 Å². The maximum absolute atomic E-state index is 12.2. The number of hydrogen-bond acceptors (Lipinski definition) is 5. The van der Waals surface area contributed by atoms with Crippen molar-refractivity contribution in [2.75, 3.05) is 13.2 Å². The number of hydrogen-bond donors (Lipinski definition) is 1. The van der Waals surface area contributed by atoms with Gasteiger partial charge in [-0.25, -0.2) is 0 Å². The summed E-state index contributed by atoms with van der Waals surface area (Å²) in [7, 11) is 0. The van der Waals surface area contributed by atoms with E-state index >= 15 is 0 Å². The molecule has 0 aromatic heterocycles. The van der Waals surface area contributed by atoms with Gasteiger partial charge >= 0.3 is 11.9 Å². The van der Waals surface area contributed by atoms with Crippen molar-refractivity contribution in [1.82, 2.24) is 0 Å². The van der Waals surface area contributed by atoms with Gasteiger partial charge in [0.2, 0.25) is 0 Å². The molecule has 0 amide bonds. The number of aliphatic hydroxyl groups is 1. The minimum Gasteiger partial charge on any atom is -0.462 e. The van der Waals surface area contributed by atoms with Crippen LogP contribution in [0.2, 0.25) is 0 Å². The zero-order valence-corrected chi connectivity index (χ0v) is 30.6. The van der Waals surface area contributed by atoms with Crippen LogP contribution < -0.4 is 0 Å². The molecule has 0 rings (SSSR count). The zero-order valence-electron chi connectivity index (χ0n) is 30.6. The van der Waals surface area contributed by atoms with Gasteiger partial charge < -0.3 is 14.6 Å². The highest BCUT2D eigenvalue weighted by atomic mass is 16.6. The summed E-state index contributed by atoms with van der Waals surface area (Å²) in [4.78, 5) is 24.2. The monoisotopic (exact) mass is 649 g/mol. The molecule has 0 radical (unpaired) electrons. The van der Waals surface area contributed by atoms with Gasteiger partial charge in [-0.05, 0) is 44.9 Å². The van der Waals surface area contributed by atoms with Crippen molar-refractivity contribution >= 4 is 11.9 Å². The number of rotatable bonds is 36. The fourth-order valence-corrected chi connectivity index (χ4v) is 5.70. The molecule has 0 unspecified atom stereocenters. The van der Waals surface area contributed by atoms with E-state index in [-0.39, 0.29) is 25.2 Å². The molecule has 0 fully saturated rings. The lowest BCUT2D eigenvalue weighted by Crippen LogP contribution is -2.28. The summed E-state index contributed by atoms with van der Waals surface area (Å²) in [6, 6.07) is 0. The molecule has 0 aliphatic carbocycles. The average Bonchev–Trinajstić information content (AvgIpc) is 3.06. The van der Waals surface area contributed by atoms with Crippen molar-refractivity contribution in [2.45, 2.75) is 213 Å². The molecule has 1 atom stereocenters. The van der Waals surface area contributed by atoms with Crippen LogP contribution in [0.4, 0.5) is 0 Å². The average molecular weight is 649 g/mol. The van der Waals surface area contributed by atoms with E-state index in [1.54, 1.807) is 0 Å². The Kier molecular flexibility index (Phi) is 36.5. The van der Waals surface area contributed by atoms with Crippen molar-refractivity contribution < 1.29 is 24.2 Å². The van der Waals surface area contributed by atoms with Gasteiger partial charge in [0.25, 0.3) is 0 Å². The van der Waals surface area contributed by atoms with E-state index in [4.69, 9.17) is 9.47 Å². The van der Waals surface area contributed by atoms with Gasteiger partial charge in [-0.1, -0.05) is 173 Å². The number of carbonyl (C=O) groups is 2. The zero-order chi connectivity index (χ0) is 33.6. The summed E-state index contributed by atoms with van der Waals surface area (Å²) in [6.07, 6.45) is 43.7. The van der Waals surface area contributed by atoms with Crippen LogP contribution in [-0.2, 0) is 19.1 Å². The van der Waals surface area contributed by atoms with Crippen molar-refractivity contribution in [3.05, 3.63) is 24.3 Å². The van der Waals surface area contributed by atoms with Crippen LogP contribution in [-0.4, -0.2) is 36.4 Å². The van der Waals surface area contributed by atoms with E-state index in [9.17, 15) is 14.7 Å². The summed E-state index contributed by atoms with van der Waals surface area (Å²) in [5.41, 5.74) is 0. The number of aliphatic hydroxyl groups excluding tert-OH is 1. The largest absolute Gasteiger partial charge is 0.462 e. The molecule has 1 N–H and O–H groups in total. The van der Waals surface area contributed by atoms with Gasteiger partial charge in [0.15, 0.2) is 6.10 Å². The number of allylic oxidation sites excluding steroid dienone is 4. The molecule has 0 aromatic carbocycles. The van der Waals surface area contributed by atoms with Crippen LogP contribution in [0.3, 0.4) is 0 Å². The molecule has 0 spiro atoms. The van der Waals surface area contributed by atoms with Gasteiger partial charge in [-0.2, -0.15) is 0 Å². The Balaban J connectivity index is 3.54. The van der Waals surface area contributed by atoms with Crippen LogP contribution in [0.1, 0.15) is 206 Å². The molecule has 5 nitrogen and oxygen atoms in total. The first kappa shape index (κ1) is 44.4. The maximum Gasteiger partial charge on any atom is 0.306 e. The van der Waals surface area contributed by atoms with E-state index in [2.05, 4.69) is 38.2 Å². The molecule has 46 heavy (non-hydrogen) atoms. The second kappa shape index (κ2) is 37.8. The molecule has 0 aliphatic rings. The summed E-state index contributed by atoms with van der Waals surface area (Å²) in [6.45, 7) is 4.12. The maximum atomic E-state index is 12.2. The van der Waals surface area contributed by atoms with Gasteiger partial charge in [0.1, 0.15) is 6.61 Å². The first-order valence-electron chi connectivity index (χ1n) is 19.9. The Labute approximate surface area is 285 Å². The fraction of sp³-hybridized carbons (Fsp3) is 0.854. The number of ether oxygens (including phenoxy) is 2. The Hall–Kier alpha value is -1.62. The molecule has 5 heteroatoms. The van der Waals surface area contributed by atoms with Crippen LogP contribution in [0.25, 0.3) is 0 Å². The molecule has 0 bridgehead atoms. The molecular weight excluding hydrogens is 572 g/mol. The standard InChI is InChI=1S/C41H76O5/c1-3-5-7-9-11-13-15-17-19-20-22-23-25-27-29-31-33-35-40(43)45-38-39(37-42)46-41(44)36-34-32-30-28-26-24-21-18-16-14-12-10-8-6-4-2/h11,13,17,19,39,42H,3-10,12,14-16,18,20-38H2,1-2H3/b13-11+,19-17+/t39-/m0/s1. The normalized spacial score (nSPS) is 12.3. The van der Waals surface area contributed by atoms with Crippen LogP contribution in [0.15, 0.2) is 24.3 Å². The quantitative estimate of drug-likeness (QED) is 0.0416. The summed E-state index contributed by atoms with van der Waals surface area (Å²) in [5, 5.41) is 9.55. The molecule has 270 valence electrons. The van der Waals surface area contributed by atoms with Gasteiger partial charge in [0, 0.05) is 12.8 Å². The van der Waals surface area contributed by atoms with E-state index in [1.165, 1.54) is 135 Å². The van der Waals surface area contributed by atoms with Crippen LogP contribution in [0, 0.1) is 0 Å². The van der Waals surface area contributed by atoms with Crippen molar-refractivity contribution in [3.63, 3.8) is 0 Å². The predicted molar refractivity (Wildman–Crippen MR) is 196 cm³/mol. The van der Waals surface area contributed by atoms with E-state index in [0.717, 1.165) is 44.9 Å². The van der Waals surface area contributed by atoms with E-state index in [0.29, 0.717) is 12.8 Å². The van der Waals surface area contributed by atoms with Gasteiger partial charge in [-0.3, -0.25) is 9.59 Å². The first-order valence-corrected chi connectivity index (χ1v) is 19.9. The highest BCUT2D eigenvalue weighted by Gasteiger charge is 2.16. The minimum atomic E-state index is -0.769. The lowest BCUT2D eigenvalue weighted by molar-refractivity contribution is -0.161. The highest BCUT2D eigenvalue weighted by Crippen LogP contribution is 2.15. The molecule has 0 saturated carbocycles. The van der Waals surface area contributed by atoms with E-state index in [1.807, 2.05) is 0 Å². The second-order valence-electron chi connectivity index (χ2n) is 13.4. The summed E-state index contributed by atoms with van der Waals surface area (Å²) >= 11 is 0. The first-order chi connectivity index (χ1) is 22.6. The molecule has 0 aromatic rings. The third-order valence-corrected chi connectivity index (χ3v) is 8.75. The van der Waals surface area contributed by atoms with Gasteiger partial charge in [0.05, 0.1) is 6.61 Å². The van der Waals surface area contributed by atoms with Crippen molar-refractivity contribution in [2.24, 2.45) is 0 Å². The summed E-state index contributed by atoms with van der Waals surface area (Å²) < 4.78 is 10.6. The molecule has 0 saturated heterocycles. The second-order valence-corrected chi connectivity index (χ2v) is 13.4. The Morgan fingerprint density at radius 3 is 1.33 bits per heavy atom. The van der Waals surface area contributed by atoms with Crippen LogP contribution in [0.5, 0.6) is 0 Å². The van der Waals surface area contributed by atoms with E-state index < -0.39 is 6.10 Å². The third kappa shape index (κ3) is 35.2. The fourth-order valence-electron chi connectivity index (χ4n) is 5.70. The Morgan fingerprint density at radius 2 is 0.870 bits per heavy atom. The lowest BCUT2D eigenvalue weighted by Gasteiger charge is -2.15. The summed E-state index contributed by atoms with van der Waals surface area (Å²) in [5.74, 6) is -0.592. The van der Waals surface area contributed by atoms with Crippen molar-refractivity contribution in [3.8, 4) is 0 Å². The number of carbonyl (C=O) groups excluding carboxylic acids is 2.